The van der Waals surface area contributed by atoms with Crippen molar-refractivity contribution >= 4 is 38.9 Å². The molecule has 0 bridgehead atoms. The van der Waals surface area contributed by atoms with E-state index in [4.69, 9.17) is 16.1 Å². The van der Waals surface area contributed by atoms with E-state index in [0.29, 0.717) is 16.4 Å². The lowest BCUT2D eigenvalue weighted by Gasteiger charge is -2.14. The monoisotopic (exact) mass is 320 g/mol. The minimum absolute atomic E-state index is 0.109. The number of halogens is 1. The van der Waals surface area contributed by atoms with Gasteiger partial charge in [0.05, 0.1) is 11.6 Å². The zero-order chi connectivity index (χ0) is 15.0. The average molecular weight is 321 g/mol. The van der Waals surface area contributed by atoms with Gasteiger partial charge in [0.15, 0.2) is 0 Å². The van der Waals surface area contributed by atoms with Crippen molar-refractivity contribution in [3.63, 3.8) is 0 Å². The second-order valence-electron chi connectivity index (χ2n) is 4.83. The molecule has 1 aromatic carbocycles. The smallest absolute Gasteiger partial charge is 0.265 e. The first-order chi connectivity index (χ1) is 10.1. The van der Waals surface area contributed by atoms with Crippen molar-refractivity contribution < 1.29 is 9.32 Å². The maximum absolute atomic E-state index is 12.5. The molecule has 0 fully saturated rings. The molecule has 3 aromatic rings. The summed E-state index contributed by atoms with van der Waals surface area (Å²) in [5, 5.41) is 5.33. The van der Waals surface area contributed by atoms with E-state index in [1.165, 1.54) is 11.3 Å². The lowest BCUT2D eigenvalue weighted by molar-refractivity contribution is 0.0787. The Morgan fingerprint density at radius 2 is 2.19 bits per heavy atom. The summed E-state index contributed by atoms with van der Waals surface area (Å²) in [6, 6.07) is 9.55. The third-order valence-corrected chi connectivity index (χ3v) is 4.82. The number of aromatic nitrogens is 1. The summed E-state index contributed by atoms with van der Waals surface area (Å²) in [5.41, 5.74) is 0.723. The minimum Gasteiger partial charge on any atom is -0.361 e. The number of aryl methyl sites for hydroxylation is 1. The van der Waals surface area contributed by atoms with Crippen LogP contribution in [0.1, 0.15) is 21.1 Å². The third-order valence-electron chi connectivity index (χ3n) is 3.15. The Bertz CT molecular complexity index is 809. The van der Waals surface area contributed by atoms with Gasteiger partial charge in [-0.15, -0.1) is 11.3 Å². The first-order valence-corrected chi connectivity index (χ1v) is 7.60. The molecule has 0 aliphatic carbocycles. The largest absolute Gasteiger partial charge is 0.361 e. The average Bonchev–Trinajstić information content (AvgIpc) is 3.03. The first-order valence-electron chi connectivity index (χ1n) is 6.41. The Morgan fingerprint density at radius 1 is 1.43 bits per heavy atom. The maximum Gasteiger partial charge on any atom is 0.265 e. The molecule has 4 nitrogen and oxygen atoms in total. The number of carbonyl (C=O) groups is 1. The standard InChI is InChI=1S/C15H13ClN2O2S/c1-9-7-10(17-20-9)8-18(2)15(19)14-13(16)11-5-3-4-6-12(11)21-14/h3-7H,8H2,1-2H3. The second-order valence-corrected chi connectivity index (χ2v) is 6.26. The van der Waals surface area contributed by atoms with Gasteiger partial charge in [0, 0.05) is 23.2 Å². The molecule has 21 heavy (non-hydrogen) atoms. The molecule has 2 aromatic heterocycles. The fourth-order valence-electron chi connectivity index (χ4n) is 2.13. The van der Waals surface area contributed by atoms with Gasteiger partial charge in [-0.3, -0.25) is 4.79 Å². The van der Waals surface area contributed by atoms with Crippen LogP contribution in [-0.4, -0.2) is 23.0 Å². The molecule has 3 rings (SSSR count). The molecule has 0 aliphatic heterocycles. The molecule has 0 N–H and O–H groups in total. The summed E-state index contributed by atoms with van der Waals surface area (Å²) in [6.45, 7) is 2.21. The van der Waals surface area contributed by atoms with Gasteiger partial charge in [0.2, 0.25) is 0 Å². The van der Waals surface area contributed by atoms with Gasteiger partial charge in [-0.25, -0.2) is 0 Å². The molecule has 0 aliphatic rings. The summed E-state index contributed by atoms with van der Waals surface area (Å²) in [5.74, 6) is 0.618. The Hall–Kier alpha value is -1.85. The van der Waals surface area contributed by atoms with Crippen molar-refractivity contribution in [3.8, 4) is 0 Å². The number of thiophene rings is 1. The predicted octanol–water partition coefficient (Wildman–Crippen LogP) is 4.12. The number of amides is 1. The molecule has 0 unspecified atom stereocenters. The lowest BCUT2D eigenvalue weighted by Crippen LogP contribution is -2.25. The topological polar surface area (TPSA) is 46.3 Å². The van der Waals surface area contributed by atoms with Crippen LogP contribution in [0.2, 0.25) is 5.02 Å². The van der Waals surface area contributed by atoms with Crippen molar-refractivity contribution in [2.45, 2.75) is 13.5 Å². The highest BCUT2D eigenvalue weighted by Gasteiger charge is 2.21. The van der Waals surface area contributed by atoms with Gasteiger partial charge in [0.25, 0.3) is 5.91 Å². The lowest BCUT2D eigenvalue weighted by atomic mass is 10.2. The van der Waals surface area contributed by atoms with Gasteiger partial charge in [-0.1, -0.05) is 35.0 Å². The van der Waals surface area contributed by atoms with Gasteiger partial charge in [-0.05, 0) is 13.0 Å². The van der Waals surface area contributed by atoms with Crippen molar-refractivity contribution in [1.29, 1.82) is 0 Å². The third kappa shape index (κ3) is 2.66. The van der Waals surface area contributed by atoms with Crippen LogP contribution in [0.5, 0.6) is 0 Å². The quantitative estimate of drug-likeness (QED) is 0.729. The fraction of sp³-hybridized carbons (Fsp3) is 0.200. The number of hydrogen-bond acceptors (Lipinski definition) is 4. The van der Waals surface area contributed by atoms with E-state index in [1.54, 1.807) is 11.9 Å². The van der Waals surface area contributed by atoms with Crippen LogP contribution in [0.25, 0.3) is 10.1 Å². The highest BCUT2D eigenvalue weighted by atomic mass is 35.5. The number of hydrogen-bond donors (Lipinski definition) is 0. The van der Waals surface area contributed by atoms with Gasteiger partial charge in [0.1, 0.15) is 16.3 Å². The van der Waals surface area contributed by atoms with Crippen molar-refractivity contribution in [3.05, 3.63) is 51.7 Å². The zero-order valence-electron chi connectivity index (χ0n) is 11.6. The fourth-order valence-corrected chi connectivity index (χ4v) is 3.64. The minimum atomic E-state index is -0.109. The van der Waals surface area contributed by atoms with E-state index in [-0.39, 0.29) is 5.91 Å². The van der Waals surface area contributed by atoms with Crippen LogP contribution in [0.4, 0.5) is 0 Å². The summed E-state index contributed by atoms with van der Waals surface area (Å²) < 4.78 is 6.02. The summed E-state index contributed by atoms with van der Waals surface area (Å²) >= 11 is 7.74. The Morgan fingerprint density at radius 3 is 2.86 bits per heavy atom. The van der Waals surface area contributed by atoms with Gasteiger partial charge >= 0.3 is 0 Å². The van der Waals surface area contributed by atoms with Crippen molar-refractivity contribution in [2.24, 2.45) is 0 Å². The first kappa shape index (κ1) is 14.1. The van der Waals surface area contributed by atoms with Crippen LogP contribution >= 0.6 is 22.9 Å². The van der Waals surface area contributed by atoms with Crippen molar-refractivity contribution in [1.82, 2.24) is 10.1 Å². The Labute approximate surface area is 130 Å². The molecular weight excluding hydrogens is 308 g/mol. The van der Waals surface area contributed by atoms with Crippen LogP contribution in [0, 0.1) is 6.92 Å². The number of nitrogens with zero attached hydrogens (tertiary/aromatic N) is 2. The zero-order valence-corrected chi connectivity index (χ0v) is 13.2. The molecule has 0 saturated carbocycles. The number of fused-ring (bicyclic) bond motifs is 1. The molecule has 1 amide bonds. The van der Waals surface area contributed by atoms with Crippen LogP contribution < -0.4 is 0 Å². The summed E-state index contributed by atoms with van der Waals surface area (Å²) in [6.07, 6.45) is 0. The van der Waals surface area contributed by atoms with E-state index >= 15 is 0 Å². The van der Waals surface area contributed by atoms with E-state index in [1.807, 2.05) is 37.3 Å². The molecule has 0 radical (unpaired) electrons. The molecular formula is C15H13ClN2O2S. The summed E-state index contributed by atoms with van der Waals surface area (Å²) in [7, 11) is 1.73. The Balaban J connectivity index is 1.87. The van der Waals surface area contributed by atoms with Gasteiger partial charge in [-0.2, -0.15) is 0 Å². The normalized spacial score (nSPS) is 11.0. The highest BCUT2D eigenvalue weighted by Crippen LogP contribution is 2.35. The molecule has 108 valence electrons. The van der Waals surface area contributed by atoms with E-state index < -0.39 is 0 Å². The van der Waals surface area contributed by atoms with Crippen LogP contribution in [0.3, 0.4) is 0 Å². The molecule has 6 heteroatoms. The molecule has 0 atom stereocenters. The molecule has 0 saturated heterocycles. The number of rotatable bonds is 3. The molecule has 0 spiro atoms. The SMILES string of the molecule is Cc1cc(CN(C)C(=O)c2sc3ccccc3c2Cl)no1. The van der Waals surface area contributed by atoms with E-state index in [0.717, 1.165) is 21.5 Å². The number of carbonyl (C=O) groups excluding carboxylic acids is 1. The van der Waals surface area contributed by atoms with Gasteiger partial charge < -0.3 is 9.42 Å². The highest BCUT2D eigenvalue weighted by molar-refractivity contribution is 7.21. The van der Waals surface area contributed by atoms with E-state index in [9.17, 15) is 4.79 Å². The molecule has 2 heterocycles. The predicted molar refractivity (Wildman–Crippen MR) is 83.9 cm³/mol. The van der Waals surface area contributed by atoms with Crippen molar-refractivity contribution in [2.75, 3.05) is 7.05 Å². The van der Waals surface area contributed by atoms with Crippen LogP contribution in [0.15, 0.2) is 34.9 Å². The van der Waals surface area contributed by atoms with E-state index in [2.05, 4.69) is 5.16 Å². The second kappa shape index (κ2) is 5.50. The maximum atomic E-state index is 12.5. The summed E-state index contributed by atoms with van der Waals surface area (Å²) in [4.78, 5) is 14.7. The Kier molecular flexibility index (Phi) is 3.69. The van der Waals surface area contributed by atoms with Crippen LogP contribution in [-0.2, 0) is 6.54 Å². The number of benzene rings is 1.